The summed E-state index contributed by atoms with van der Waals surface area (Å²) in [7, 11) is 3.37. The van der Waals surface area contributed by atoms with E-state index < -0.39 is 16.9 Å². The maximum atomic E-state index is 11.6. The highest BCUT2D eigenvalue weighted by Gasteiger charge is 2.71. The van der Waals surface area contributed by atoms with Gasteiger partial charge >= 0.3 is 0 Å². The van der Waals surface area contributed by atoms with Crippen molar-refractivity contribution in [2.24, 2.45) is 0 Å². The molecule has 1 aromatic rings. The van der Waals surface area contributed by atoms with Gasteiger partial charge in [0.25, 0.3) is 0 Å². The summed E-state index contributed by atoms with van der Waals surface area (Å²) >= 11 is 0. The summed E-state index contributed by atoms with van der Waals surface area (Å²) in [6.45, 7) is 1.89. The topological polar surface area (TPSA) is 86.1 Å². The molecule has 0 aromatic heterocycles. The van der Waals surface area contributed by atoms with Crippen LogP contribution in [0.1, 0.15) is 18.9 Å². The minimum atomic E-state index is -0.970. The number of allylic oxidation sites excluding steroid dienone is 2. The van der Waals surface area contributed by atoms with Gasteiger partial charge in [-0.05, 0) is 48.9 Å². The zero-order valence-corrected chi connectivity index (χ0v) is 15.6. The molecule has 2 atom stereocenters. The van der Waals surface area contributed by atoms with Crippen molar-refractivity contribution < 1.29 is 19.5 Å². The Morgan fingerprint density at radius 2 is 1.89 bits per heavy atom. The lowest BCUT2D eigenvalue weighted by Crippen LogP contribution is -2.57. The molecule has 0 unspecified atom stereocenters. The van der Waals surface area contributed by atoms with E-state index in [4.69, 9.17) is 14.9 Å². The Labute approximate surface area is 157 Å². The molecule has 0 saturated carbocycles. The number of ketones is 1. The fraction of sp³-hybridized carbons (Fsp3) is 0.400. The SMILES string of the molecule is COc1ccc(C[C@@]23OC4(C=CC(=O)C=C4)C[C@]2(C)N(O)C(=N)N3C)cc1. The third-order valence-electron chi connectivity index (χ3n) is 6.01. The van der Waals surface area contributed by atoms with Crippen LogP contribution in [-0.2, 0) is 16.0 Å². The number of hydroxylamine groups is 2. The molecular weight excluding hydrogens is 346 g/mol. The summed E-state index contributed by atoms with van der Waals surface area (Å²) in [5, 5.41) is 20.0. The summed E-state index contributed by atoms with van der Waals surface area (Å²) in [4.78, 5) is 13.3. The number of benzene rings is 1. The smallest absolute Gasteiger partial charge is 0.220 e. The first-order valence-corrected chi connectivity index (χ1v) is 8.82. The zero-order valence-electron chi connectivity index (χ0n) is 15.6. The molecular formula is C20H23N3O4. The van der Waals surface area contributed by atoms with Crippen molar-refractivity contribution in [3.8, 4) is 5.75 Å². The number of guanidine groups is 1. The van der Waals surface area contributed by atoms with Crippen LogP contribution in [0.3, 0.4) is 0 Å². The van der Waals surface area contributed by atoms with E-state index in [2.05, 4.69) is 0 Å². The quantitative estimate of drug-likeness (QED) is 0.849. The van der Waals surface area contributed by atoms with E-state index in [1.54, 1.807) is 31.2 Å². The molecule has 0 radical (unpaired) electrons. The van der Waals surface area contributed by atoms with E-state index in [1.165, 1.54) is 12.2 Å². The van der Waals surface area contributed by atoms with Crippen LogP contribution in [0.5, 0.6) is 5.75 Å². The number of likely N-dealkylation sites (N-methyl/N-ethyl adjacent to an activating group) is 1. The van der Waals surface area contributed by atoms with E-state index in [-0.39, 0.29) is 11.7 Å². The van der Waals surface area contributed by atoms with Crippen LogP contribution in [0.15, 0.2) is 48.6 Å². The summed E-state index contributed by atoms with van der Waals surface area (Å²) < 4.78 is 11.8. The van der Waals surface area contributed by atoms with Crippen LogP contribution in [0, 0.1) is 5.41 Å². The lowest BCUT2D eigenvalue weighted by molar-refractivity contribution is -0.170. The zero-order chi connectivity index (χ0) is 19.4. The second-order valence-corrected chi connectivity index (χ2v) is 7.58. The maximum absolute atomic E-state index is 11.6. The number of hydrogen-bond donors (Lipinski definition) is 2. The fourth-order valence-corrected chi connectivity index (χ4v) is 4.46. The number of hydrogen-bond acceptors (Lipinski definition) is 5. The Balaban J connectivity index is 1.77. The largest absolute Gasteiger partial charge is 0.497 e. The molecule has 1 aliphatic carbocycles. The van der Waals surface area contributed by atoms with Crippen molar-refractivity contribution in [3.63, 3.8) is 0 Å². The molecule has 0 amide bonds. The lowest BCUT2D eigenvalue weighted by Gasteiger charge is -2.40. The molecule has 7 heteroatoms. The Kier molecular flexibility index (Phi) is 3.73. The van der Waals surface area contributed by atoms with Crippen molar-refractivity contribution in [2.75, 3.05) is 14.2 Å². The van der Waals surface area contributed by atoms with Crippen LogP contribution >= 0.6 is 0 Å². The molecule has 2 saturated heterocycles. The molecule has 3 aliphatic rings. The molecule has 2 N–H and O–H groups in total. The van der Waals surface area contributed by atoms with Crippen molar-refractivity contribution in [1.29, 1.82) is 5.41 Å². The van der Waals surface area contributed by atoms with Gasteiger partial charge in [0, 0.05) is 19.9 Å². The first-order valence-electron chi connectivity index (χ1n) is 8.82. The van der Waals surface area contributed by atoms with Gasteiger partial charge in [0.2, 0.25) is 5.96 Å². The first-order chi connectivity index (χ1) is 12.8. The van der Waals surface area contributed by atoms with Crippen LogP contribution in [-0.4, -0.2) is 57.9 Å². The van der Waals surface area contributed by atoms with Gasteiger partial charge in [-0.15, -0.1) is 0 Å². The average Bonchev–Trinajstić information content (AvgIpc) is 2.98. The molecule has 2 heterocycles. The number of ether oxygens (including phenoxy) is 2. The molecule has 4 rings (SSSR count). The van der Waals surface area contributed by atoms with Crippen molar-refractivity contribution in [2.45, 2.75) is 36.6 Å². The molecule has 27 heavy (non-hydrogen) atoms. The highest BCUT2D eigenvalue weighted by atomic mass is 16.6. The molecule has 7 nitrogen and oxygen atoms in total. The standard InChI is InChI=1S/C20H23N3O4/c1-18-13-19(10-8-15(24)9-11-19)27-20(18,22(2)17(21)23(18)25)12-14-4-6-16(26-3)7-5-14/h4-11,21,25H,12-13H2,1-3H3/t18-,20+/m0/s1. The number of nitrogens with one attached hydrogen (secondary N) is 1. The molecule has 1 spiro atoms. The van der Waals surface area contributed by atoms with Crippen LogP contribution in [0.2, 0.25) is 0 Å². The maximum Gasteiger partial charge on any atom is 0.220 e. The predicted octanol–water partition coefficient (Wildman–Crippen LogP) is 2.12. The van der Waals surface area contributed by atoms with E-state index in [0.29, 0.717) is 12.8 Å². The fourth-order valence-electron chi connectivity index (χ4n) is 4.46. The highest BCUT2D eigenvalue weighted by molar-refractivity contribution is 6.00. The van der Waals surface area contributed by atoms with E-state index in [9.17, 15) is 10.0 Å². The minimum Gasteiger partial charge on any atom is -0.497 e. The Bertz CT molecular complexity index is 846. The van der Waals surface area contributed by atoms with Crippen LogP contribution < -0.4 is 4.74 Å². The van der Waals surface area contributed by atoms with Gasteiger partial charge in [0.1, 0.15) is 16.9 Å². The number of methoxy groups -OCH3 is 1. The van der Waals surface area contributed by atoms with Crippen molar-refractivity contribution in [1.82, 2.24) is 9.96 Å². The first kappa shape index (κ1) is 17.8. The van der Waals surface area contributed by atoms with Gasteiger partial charge in [-0.1, -0.05) is 12.1 Å². The minimum absolute atomic E-state index is 0.0132. The molecule has 1 aromatic carbocycles. The monoisotopic (exact) mass is 369 g/mol. The number of nitrogens with zero attached hydrogens (tertiary/aromatic N) is 2. The number of carbonyl (C=O) groups excluding carboxylic acids is 1. The molecule has 2 fully saturated rings. The van der Waals surface area contributed by atoms with Crippen molar-refractivity contribution in [3.05, 3.63) is 54.1 Å². The second kappa shape index (κ2) is 5.68. The van der Waals surface area contributed by atoms with E-state index in [0.717, 1.165) is 16.4 Å². The average molecular weight is 369 g/mol. The lowest BCUT2D eigenvalue weighted by atomic mass is 9.79. The highest BCUT2D eigenvalue weighted by Crippen LogP contribution is 2.56. The summed E-state index contributed by atoms with van der Waals surface area (Å²) in [6.07, 6.45) is 7.37. The third-order valence-corrected chi connectivity index (χ3v) is 6.01. The van der Waals surface area contributed by atoms with E-state index >= 15 is 0 Å². The van der Waals surface area contributed by atoms with Gasteiger partial charge < -0.3 is 14.4 Å². The molecule has 2 aliphatic heterocycles. The number of fused-ring (bicyclic) bond motifs is 1. The van der Waals surface area contributed by atoms with Gasteiger partial charge in [0.05, 0.1) is 7.11 Å². The predicted molar refractivity (Wildman–Crippen MR) is 98.7 cm³/mol. The summed E-state index contributed by atoms with van der Waals surface area (Å²) in [6, 6.07) is 7.67. The van der Waals surface area contributed by atoms with Crippen LogP contribution in [0.25, 0.3) is 0 Å². The van der Waals surface area contributed by atoms with Gasteiger partial charge in [0.15, 0.2) is 11.5 Å². The number of rotatable bonds is 3. The van der Waals surface area contributed by atoms with Gasteiger partial charge in [-0.2, -0.15) is 0 Å². The third kappa shape index (κ3) is 2.35. The Morgan fingerprint density at radius 1 is 1.26 bits per heavy atom. The van der Waals surface area contributed by atoms with Gasteiger partial charge in [-0.3, -0.25) is 15.4 Å². The summed E-state index contributed by atoms with van der Waals surface area (Å²) in [5.41, 5.74) is -1.64. The number of carbonyl (C=O) groups is 1. The summed E-state index contributed by atoms with van der Waals surface area (Å²) in [5.74, 6) is 0.661. The van der Waals surface area contributed by atoms with E-state index in [1.807, 2.05) is 31.2 Å². The molecule has 142 valence electrons. The Hall–Kier alpha value is -2.64. The Morgan fingerprint density at radius 3 is 2.48 bits per heavy atom. The van der Waals surface area contributed by atoms with Gasteiger partial charge in [-0.25, -0.2) is 5.06 Å². The van der Waals surface area contributed by atoms with Crippen LogP contribution in [0.4, 0.5) is 0 Å². The normalized spacial score (nSPS) is 31.1. The van der Waals surface area contributed by atoms with Crippen molar-refractivity contribution >= 4 is 11.7 Å². The second-order valence-electron chi connectivity index (χ2n) is 7.58. The molecule has 0 bridgehead atoms.